The van der Waals surface area contributed by atoms with Crippen LogP contribution in [0, 0.1) is 5.92 Å². The molecule has 2 atom stereocenters. The molecule has 0 saturated heterocycles. The van der Waals surface area contributed by atoms with Crippen LogP contribution in [0.2, 0.25) is 5.02 Å². The van der Waals surface area contributed by atoms with E-state index in [9.17, 15) is 9.90 Å². The van der Waals surface area contributed by atoms with Crippen molar-refractivity contribution < 1.29 is 9.90 Å². The average Bonchev–Trinajstić information content (AvgIpc) is 3.21. The number of aliphatic hydroxyl groups excluding tert-OH is 1. The molecule has 3 N–H and O–H groups in total. The second-order valence-electron chi connectivity index (χ2n) is 6.09. The van der Waals surface area contributed by atoms with Crippen molar-refractivity contribution in [2.45, 2.75) is 31.9 Å². The molecule has 0 bridgehead atoms. The Morgan fingerprint density at radius 1 is 1.29 bits per heavy atom. The van der Waals surface area contributed by atoms with Gasteiger partial charge in [-0.05, 0) is 37.1 Å². The Hall–Kier alpha value is -2.05. The van der Waals surface area contributed by atoms with Crippen LogP contribution in [0.4, 0.5) is 4.79 Å². The molecular weight excluding hydrogens is 328 g/mol. The summed E-state index contributed by atoms with van der Waals surface area (Å²) in [5.74, 6) is 0.170. The molecule has 3 rings (SSSR count). The van der Waals surface area contributed by atoms with E-state index in [1.165, 1.54) is 0 Å². The maximum Gasteiger partial charge on any atom is 0.315 e. The van der Waals surface area contributed by atoms with E-state index in [2.05, 4.69) is 15.7 Å². The first-order valence-electron chi connectivity index (χ1n) is 8.11. The first kappa shape index (κ1) is 16.8. The van der Waals surface area contributed by atoms with Gasteiger partial charge in [0, 0.05) is 35.8 Å². The fraction of sp³-hybridized carbons (Fsp3) is 0.412. The molecule has 2 amide bonds. The predicted octanol–water partition coefficient (Wildman–Crippen LogP) is 2.49. The second kappa shape index (κ2) is 7.68. The van der Waals surface area contributed by atoms with Gasteiger partial charge < -0.3 is 15.7 Å². The molecule has 1 aromatic carbocycles. The molecule has 0 unspecified atom stereocenters. The number of nitrogens with zero attached hydrogens (tertiary/aromatic N) is 2. The summed E-state index contributed by atoms with van der Waals surface area (Å²) >= 11 is 5.87. The number of urea groups is 1. The molecule has 1 heterocycles. The minimum absolute atomic E-state index is 0.170. The van der Waals surface area contributed by atoms with Crippen molar-refractivity contribution in [2.24, 2.45) is 5.92 Å². The Kier molecular flexibility index (Phi) is 5.37. The lowest BCUT2D eigenvalue weighted by atomic mass is 10.1. The normalized spacial score (nSPS) is 20.1. The summed E-state index contributed by atoms with van der Waals surface area (Å²) in [6.45, 7) is 0.906. The van der Waals surface area contributed by atoms with Crippen molar-refractivity contribution in [1.29, 1.82) is 0 Å². The molecule has 1 saturated carbocycles. The smallest absolute Gasteiger partial charge is 0.315 e. The molecule has 0 radical (unpaired) electrons. The van der Waals surface area contributed by atoms with Gasteiger partial charge in [-0.3, -0.25) is 0 Å². The van der Waals surface area contributed by atoms with Crippen LogP contribution in [0.3, 0.4) is 0 Å². The van der Waals surface area contributed by atoms with E-state index in [-0.39, 0.29) is 18.1 Å². The Bertz CT molecular complexity index is 686. The Balaban J connectivity index is 1.46. The second-order valence-corrected chi connectivity index (χ2v) is 6.53. The highest BCUT2D eigenvalue weighted by Gasteiger charge is 2.25. The van der Waals surface area contributed by atoms with E-state index in [1.54, 1.807) is 23.0 Å². The minimum atomic E-state index is -0.289. The quantitative estimate of drug-likeness (QED) is 0.776. The standard InChI is InChI=1S/C17H21ClN4O2/c18-14-4-6-15(7-5-14)22-11-12(9-21-22)8-19-17(24)20-10-13-2-1-3-16(13)23/h4-7,9,11,13,16,23H,1-3,8,10H2,(H2,19,20,24)/t13-,16+/m1/s1. The Morgan fingerprint density at radius 2 is 2.08 bits per heavy atom. The molecule has 1 aliphatic rings. The number of rotatable bonds is 5. The molecule has 7 heteroatoms. The van der Waals surface area contributed by atoms with E-state index in [4.69, 9.17) is 11.6 Å². The molecular formula is C17H21ClN4O2. The molecule has 0 aliphatic heterocycles. The van der Waals surface area contributed by atoms with Gasteiger partial charge in [-0.15, -0.1) is 0 Å². The third kappa shape index (κ3) is 4.27. The largest absolute Gasteiger partial charge is 0.393 e. The van der Waals surface area contributed by atoms with Crippen LogP contribution in [0.1, 0.15) is 24.8 Å². The van der Waals surface area contributed by atoms with E-state index in [0.717, 1.165) is 30.5 Å². The van der Waals surface area contributed by atoms with Gasteiger partial charge in [0.25, 0.3) is 0 Å². The third-order valence-electron chi connectivity index (χ3n) is 4.32. The van der Waals surface area contributed by atoms with Gasteiger partial charge in [0.2, 0.25) is 0 Å². The van der Waals surface area contributed by atoms with Crippen LogP contribution in [-0.2, 0) is 6.54 Å². The van der Waals surface area contributed by atoms with E-state index < -0.39 is 0 Å². The van der Waals surface area contributed by atoms with E-state index >= 15 is 0 Å². The van der Waals surface area contributed by atoms with Gasteiger partial charge in [-0.1, -0.05) is 18.0 Å². The number of amides is 2. The van der Waals surface area contributed by atoms with Gasteiger partial charge in [-0.25, -0.2) is 9.48 Å². The summed E-state index contributed by atoms with van der Waals surface area (Å²) in [6.07, 6.45) is 6.12. The third-order valence-corrected chi connectivity index (χ3v) is 4.58. The van der Waals surface area contributed by atoms with Crippen molar-refractivity contribution in [2.75, 3.05) is 6.54 Å². The summed E-state index contributed by atoms with van der Waals surface area (Å²) in [6, 6.07) is 7.15. The van der Waals surface area contributed by atoms with Crippen LogP contribution in [-0.4, -0.2) is 33.6 Å². The lowest BCUT2D eigenvalue weighted by Gasteiger charge is -2.15. The Labute approximate surface area is 145 Å². The minimum Gasteiger partial charge on any atom is -0.393 e. The van der Waals surface area contributed by atoms with Crippen molar-refractivity contribution in [1.82, 2.24) is 20.4 Å². The topological polar surface area (TPSA) is 79.2 Å². The summed E-state index contributed by atoms with van der Waals surface area (Å²) in [7, 11) is 0. The van der Waals surface area contributed by atoms with E-state index in [1.807, 2.05) is 18.3 Å². The van der Waals surface area contributed by atoms with Crippen LogP contribution in [0.5, 0.6) is 0 Å². The zero-order valence-corrected chi connectivity index (χ0v) is 14.0. The number of benzene rings is 1. The lowest BCUT2D eigenvalue weighted by molar-refractivity contribution is 0.132. The summed E-state index contributed by atoms with van der Waals surface area (Å²) in [4.78, 5) is 11.8. The predicted molar refractivity (Wildman–Crippen MR) is 92.2 cm³/mol. The van der Waals surface area contributed by atoms with Crippen molar-refractivity contribution in [3.05, 3.63) is 47.2 Å². The monoisotopic (exact) mass is 348 g/mol. The molecule has 128 valence electrons. The number of aromatic nitrogens is 2. The highest BCUT2D eigenvalue weighted by molar-refractivity contribution is 6.30. The van der Waals surface area contributed by atoms with Gasteiger partial charge in [0.1, 0.15) is 0 Å². The highest BCUT2D eigenvalue weighted by Crippen LogP contribution is 2.24. The summed E-state index contributed by atoms with van der Waals surface area (Å²) in [5.41, 5.74) is 1.81. The molecule has 1 fully saturated rings. The maximum atomic E-state index is 11.8. The SMILES string of the molecule is O=C(NCc1cnn(-c2ccc(Cl)cc2)c1)NC[C@H]1CCC[C@@H]1O. The summed E-state index contributed by atoms with van der Waals surface area (Å²) in [5, 5.41) is 20.3. The van der Waals surface area contributed by atoms with Crippen LogP contribution in [0.15, 0.2) is 36.7 Å². The number of nitrogens with one attached hydrogen (secondary N) is 2. The van der Waals surface area contributed by atoms with Gasteiger partial charge >= 0.3 is 6.03 Å². The summed E-state index contributed by atoms with van der Waals surface area (Å²) < 4.78 is 1.74. The number of carbonyl (C=O) groups excluding carboxylic acids is 1. The molecule has 6 nitrogen and oxygen atoms in total. The van der Waals surface area contributed by atoms with Crippen molar-refractivity contribution in [3.8, 4) is 5.69 Å². The zero-order valence-electron chi connectivity index (χ0n) is 13.3. The van der Waals surface area contributed by atoms with Crippen LogP contribution in [0.25, 0.3) is 5.69 Å². The average molecular weight is 349 g/mol. The van der Waals surface area contributed by atoms with Crippen LogP contribution >= 0.6 is 11.6 Å². The van der Waals surface area contributed by atoms with Gasteiger partial charge in [0.15, 0.2) is 0 Å². The number of aliphatic hydroxyl groups is 1. The number of hydrogen-bond donors (Lipinski definition) is 3. The molecule has 1 aromatic heterocycles. The zero-order chi connectivity index (χ0) is 16.9. The Morgan fingerprint density at radius 3 is 2.79 bits per heavy atom. The highest BCUT2D eigenvalue weighted by atomic mass is 35.5. The van der Waals surface area contributed by atoms with Crippen LogP contribution < -0.4 is 10.6 Å². The fourth-order valence-electron chi connectivity index (χ4n) is 2.91. The fourth-order valence-corrected chi connectivity index (χ4v) is 3.04. The molecule has 1 aliphatic carbocycles. The number of halogens is 1. The van der Waals surface area contributed by atoms with Gasteiger partial charge in [-0.2, -0.15) is 5.10 Å². The first-order chi connectivity index (χ1) is 11.6. The number of hydrogen-bond acceptors (Lipinski definition) is 3. The number of carbonyl (C=O) groups is 1. The lowest BCUT2D eigenvalue weighted by Crippen LogP contribution is -2.39. The molecule has 0 spiro atoms. The maximum absolute atomic E-state index is 11.8. The first-order valence-corrected chi connectivity index (χ1v) is 8.49. The molecule has 2 aromatic rings. The molecule has 24 heavy (non-hydrogen) atoms. The van der Waals surface area contributed by atoms with E-state index in [0.29, 0.717) is 18.1 Å². The van der Waals surface area contributed by atoms with Crippen molar-refractivity contribution >= 4 is 17.6 Å². The van der Waals surface area contributed by atoms with Gasteiger partial charge in [0.05, 0.1) is 18.0 Å². The van der Waals surface area contributed by atoms with Crippen molar-refractivity contribution in [3.63, 3.8) is 0 Å².